The number of carboxylic acids is 1. The van der Waals surface area contributed by atoms with Gasteiger partial charge in [-0.3, -0.25) is 0 Å². The van der Waals surface area contributed by atoms with Crippen LogP contribution in [0.4, 0.5) is 0 Å². The number of allylic oxidation sites excluding steroid dienone is 2. The minimum atomic E-state index is -0.748. The van der Waals surface area contributed by atoms with Gasteiger partial charge in [-0.2, -0.15) is 0 Å². The highest BCUT2D eigenvalue weighted by Crippen LogP contribution is 2.45. The zero-order valence-electron chi connectivity index (χ0n) is 14.3. The number of hydrogen-bond donors (Lipinski definition) is 1. The largest absolute Gasteiger partial charge is 0.478 e. The molecule has 0 aliphatic heterocycles. The first-order chi connectivity index (χ1) is 12.2. The molecule has 2 nitrogen and oxygen atoms in total. The Hall–Kier alpha value is -2.35. The van der Waals surface area contributed by atoms with E-state index in [9.17, 15) is 9.90 Å². The lowest BCUT2D eigenvalue weighted by Gasteiger charge is -2.37. The Labute approximate surface area is 147 Å². The Bertz CT molecular complexity index is 1040. The van der Waals surface area contributed by atoms with Crippen molar-refractivity contribution in [1.82, 2.24) is 0 Å². The van der Waals surface area contributed by atoms with Crippen molar-refractivity contribution in [3.8, 4) is 0 Å². The van der Waals surface area contributed by atoms with E-state index in [-0.39, 0.29) is 5.92 Å². The van der Waals surface area contributed by atoms with E-state index in [2.05, 4.69) is 30.3 Å². The molecular formula is C23H22O2. The first-order valence-corrected chi connectivity index (χ1v) is 9.43. The predicted molar refractivity (Wildman–Crippen MR) is 100 cm³/mol. The second kappa shape index (κ2) is 5.59. The van der Waals surface area contributed by atoms with E-state index in [1.807, 2.05) is 12.1 Å². The first kappa shape index (κ1) is 14.9. The molecule has 0 saturated heterocycles. The molecule has 2 unspecified atom stereocenters. The second-order valence-electron chi connectivity index (χ2n) is 7.70. The third kappa shape index (κ3) is 2.27. The fourth-order valence-electron chi connectivity index (χ4n) is 5.25. The summed E-state index contributed by atoms with van der Waals surface area (Å²) in [6.45, 7) is 0. The molecule has 0 bridgehead atoms. The van der Waals surface area contributed by atoms with Crippen molar-refractivity contribution in [2.45, 2.75) is 38.5 Å². The summed E-state index contributed by atoms with van der Waals surface area (Å²) in [6.07, 6.45) is 9.46. The molecule has 2 aromatic carbocycles. The molecule has 3 aliphatic carbocycles. The van der Waals surface area contributed by atoms with Gasteiger partial charge in [0.2, 0.25) is 0 Å². The molecule has 1 fully saturated rings. The summed E-state index contributed by atoms with van der Waals surface area (Å²) in [6, 6.07) is 12.5. The maximum Gasteiger partial charge on any atom is 0.332 e. The average Bonchev–Trinajstić information content (AvgIpc) is 2.64. The number of aliphatic carboxylic acids is 1. The number of hydrogen-bond acceptors (Lipinski definition) is 1. The standard InChI is InChI=1S/C23H22O2/c24-23(25)22-19-10-9-14-5-3-4-8-18(14)21(19)13-17-11-15-6-1-2-7-16(15)12-20(17)22/h1-2,6-7,11-14,19H,3-5,8-10H2,(H,24,25). The van der Waals surface area contributed by atoms with E-state index in [1.165, 1.54) is 30.2 Å². The van der Waals surface area contributed by atoms with Crippen LogP contribution in [0.5, 0.6) is 0 Å². The second-order valence-corrected chi connectivity index (χ2v) is 7.70. The lowest BCUT2D eigenvalue weighted by Crippen LogP contribution is -2.39. The van der Waals surface area contributed by atoms with Crippen molar-refractivity contribution in [3.05, 3.63) is 58.0 Å². The molecule has 2 aromatic rings. The van der Waals surface area contributed by atoms with E-state index < -0.39 is 5.97 Å². The molecular weight excluding hydrogens is 308 g/mol. The van der Waals surface area contributed by atoms with Crippen LogP contribution in [0, 0.1) is 11.8 Å². The van der Waals surface area contributed by atoms with Gasteiger partial charge in [0.05, 0.1) is 5.57 Å². The number of carboxylic acid groups (broad SMARTS) is 1. The van der Waals surface area contributed by atoms with Crippen LogP contribution in [0.3, 0.4) is 0 Å². The minimum Gasteiger partial charge on any atom is -0.478 e. The van der Waals surface area contributed by atoms with Gasteiger partial charge in [0.1, 0.15) is 0 Å². The summed E-state index contributed by atoms with van der Waals surface area (Å²) in [7, 11) is 0. The van der Waals surface area contributed by atoms with Gasteiger partial charge in [0, 0.05) is 5.92 Å². The van der Waals surface area contributed by atoms with Crippen LogP contribution in [0.15, 0.2) is 47.5 Å². The van der Waals surface area contributed by atoms with E-state index in [0.29, 0.717) is 11.5 Å². The van der Waals surface area contributed by atoms with Crippen LogP contribution in [0.25, 0.3) is 22.4 Å². The Kier molecular flexibility index (Phi) is 3.34. The van der Waals surface area contributed by atoms with Crippen LogP contribution in [0.2, 0.25) is 0 Å². The van der Waals surface area contributed by atoms with E-state index in [1.54, 1.807) is 5.57 Å². The van der Waals surface area contributed by atoms with Gasteiger partial charge in [0.25, 0.3) is 0 Å². The molecule has 1 saturated carbocycles. The van der Waals surface area contributed by atoms with Gasteiger partial charge in [-0.1, -0.05) is 42.3 Å². The zero-order chi connectivity index (χ0) is 17.0. The van der Waals surface area contributed by atoms with E-state index in [4.69, 9.17) is 0 Å². The lowest BCUT2D eigenvalue weighted by molar-refractivity contribution is -0.130. The lowest BCUT2D eigenvalue weighted by atomic mass is 9.67. The number of rotatable bonds is 1. The Morgan fingerprint density at radius 2 is 1.80 bits per heavy atom. The summed E-state index contributed by atoms with van der Waals surface area (Å²) in [5.74, 6) is 0.0193. The molecule has 0 aromatic heterocycles. The molecule has 25 heavy (non-hydrogen) atoms. The van der Waals surface area contributed by atoms with Gasteiger partial charge in [-0.15, -0.1) is 0 Å². The molecule has 126 valence electrons. The predicted octanol–water partition coefficient (Wildman–Crippen LogP) is 3.77. The summed E-state index contributed by atoms with van der Waals surface area (Å²) < 4.78 is 0. The van der Waals surface area contributed by atoms with Gasteiger partial charge in [-0.25, -0.2) is 4.79 Å². The quantitative estimate of drug-likeness (QED) is 0.864. The monoisotopic (exact) mass is 330 g/mol. The Balaban J connectivity index is 1.86. The highest BCUT2D eigenvalue weighted by Gasteiger charge is 2.35. The number of fused-ring (bicyclic) bond motifs is 4. The van der Waals surface area contributed by atoms with Crippen LogP contribution >= 0.6 is 0 Å². The van der Waals surface area contributed by atoms with Crippen molar-refractivity contribution in [3.63, 3.8) is 0 Å². The Morgan fingerprint density at radius 3 is 2.60 bits per heavy atom. The van der Waals surface area contributed by atoms with E-state index in [0.717, 1.165) is 35.1 Å². The summed E-state index contributed by atoms with van der Waals surface area (Å²) in [5.41, 5.74) is 3.51. The van der Waals surface area contributed by atoms with Gasteiger partial charge >= 0.3 is 5.97 Å². The molecule has 0 amide bonds. The topological polar surface area (TPSA) is 37.3 Å². The molecule has 0 radical (unpaired) electrons. The fourth-order valence-corrected chi connectivity index (χ4v) is 5.25. The fraction of sp³-hybridized carbons (Fsp3) is 0.348. The first-order valence-electron chi connectivity index (χ1n) is 9.43. The maximum atomic E-state index is 12.2. The highest BCUT2D eigenvalue weighted by molar-refractivity contribution is 6.11. The van der Waals surface area contributed by atoms with Crippen molar-refractivity contribution >= 4 is 28.4 Å². The minimum absolute atomic E-state index is 0.0792. The molecule has 2 heteroatoms. The average molecular weight is 330 g/mol. The maximum absolute atomic E-state index is 12.2. The summed E-state index contributed by atoms with van der Waals surface area (Å²) in [5, 5.41) is 14.3. The molecule has 3 aliphatic rings. The summed E-state index contributed by atoms with van der Waals surface area (Å²) in [4.78, 5) is 12.2. The van der Waals surface area contributed by atoms with Crippen LogP contribution in [0.1, 0.15) is 38.5 Å². The highest BCUT2D eigenvalue weighted by atomic mass is 16.4. The molecule has 0 spiro atoms. The molecule has 2 atom stereocenters. The number of benzene rings is 2. The molecule has 0 heterocycles. The zero-order valence-corrected chi connectivity index (χ0v) is 14.3. The summed E-state index contributed by atoms with van der Waals surface area (Å²) >= 11 is 0. The van der Waals surface area contributed by atoms with Crippen molar-refractivity contribution in [2.24, 2.45) is 11.8 Å². The van der Waals surface area contributed by atoms with Crippen molar-refractivity contribution in [1.29, 1.82) is 0 Å². The smallest absolute Gasteiger partial charge is 0.332 e. The number of carbonyl (C=O) groups is 1. The molecule has 1 N–H and O–H groups in total. The van der Waals surface area contributed by atoms with Crippen LogP contribution < -0.4 is 10.4 Å². The normalized spacial score (nSPS) is 25.0. The third-order valence-electron chi connectivity index (χ3n) is 6.39. The SMILES string of the molecule is O=C(O)C1=c2cc3ccccc3cc2=CC2=C3CCCCC3CCC21. The van der Waals surface area contributed by atoms with E-state index >= 15 is 0 Å². The van der Waals surface area contributed by atoms with Gasteiger partial charge < -0.3 is 5.11 Å². The van der Waals surface area contributed by atoms with Gasteiger partial charge in [0.15, 0.2) is 0 Å². The Morgan fingerprint density at radius 1 is 1.00 bits per heavy atom. The van der Waals surface area contributed by atoms with Gasteiger partial charge in [-0.05, 0) is 76.9 Å². The van der Waals surface area contributed by atoms with Crippen LogP contribution in [-0.4, -0.2) is 11.1 Å². The van der Waals surface area contributed by atoms with Crippen molar-refractivity contribution < 1.29 is 9.90 Å². The molecule has 5 rings (SSSR count). The van der Waals surface area contributed by atoms with Crippen molar-refractivity contribution in [2.75, 3.05) is 0 Å². The third-order valence-corrected chi connectivity index (χ3v) is 6.39. The van der Waals surface area contributed by atoms with Crippen LogP contribution in [-0.2, 0) is 4.79 Å².